The van der Waals surface area contributed by atoms with Crippen molar-refractivity contribution in [2.45, 2.75) is 25.0 Å². The van der Waals surface area contributed by atoms with Crippen molar-refractivity contribution in [2.75, 3.05) is 0 Å². The molecule has 12 rings (SSSR count). The Morgan fingerprint density at radius 2 is 0.816 bits per heavy atom. The van der Waals surface area contributed by atoms with Crippen molar-refractivity contribution in [3.8, 4) is 67.0 Å². The van der Waals surface area contributed by atoms with Gasteiger partial charge in [0.15, 0.2) is 0 Å². The first kappa shape index (κ1) is 28.4. The largest absolute Gasteiger partial charge is 0.495 e. The molecule has 0 amide bonds. The molecule has 0 spiro atoms. The lowest BCUT2D eigenvalue weighted by molar-refractivity contribution is -0.0313. The summed E-state index contributed by atoms with van der Waals surface area (Å²) in [7, 11) is -0.664. The van der Waals surface area contributed by atoms with E-state index >= 15 is 0 Å². The van der Waals surface area contributed by atoms with Crippen molar-refractivity contribution in [2.24, 2.45) is 0 Å². The van der Waals surface area contributed by atoms with Crippen LogP contribution in [0.25, 0.3) is 67.0 Å². The van der Waals surface area contributed by atoms with Crippen molar-refractivity contribution in [1.29, 1.82) is 0 Å². The molecule has 2 atom stereocenters. The third-order valence-corrected chi connectivity index (χ3v) is 10.9. The van der Waals surface area contributed by atoms with Crippen molar-refractivity contribution in [3.05, 3.63) is 163 Å². The second kappa shape index (κ2) is 10.4. The van der Waals surface area contributed by atoms with E-state index in [1.54, 1.807) is 0 Å². The van der Waals surface area contributed by atoms with E-state index in [4.69, 9.17) is 19.3 Å². The summed E-state index contributed by atoms with van der Waals surface area (Å²) in [6, 6.07) is 49.5. The highest BCUT2D eigenvalue weighted by Crippen LogP contribution is 2.55. The molecule has 4 nitrogen and oxygen atoms in total. The fourth-order valence-corrected chi connectivity index (χ4v) is 8.20. The Hall–Kier alpha value is -5.62. The molecule has 1 fully saturated rings. The van der Waals surface area contributed by atoms with E-state index in [2.05, 4.69) is 153 Å². The highest BCUT2D eigenvalue weighted by Gasteiger charge is 2.60. The van der Waals surface area contributed by atoms with E-state index in [9.17, 15) is 0 Å². The van der Waals surface area contributed by atoms with Gasteiger partial charge < -0.3 is 9.31 Å². The van der Waals surface area contributed by atoms with Crippen LogP contribution in [0.2, 0.25) is 0 Å². The molecule has 0 radical (unpaired) electrons. The lowest BCUT2D eigenvalue weighted by Crippen LogP contribution is -2.43. The molecular weight excluding hydrogens is 599 g/mol. The second-order valence-electron chi connectivity index (χ2n) is 13.5. The fraction of sp³-hybridized carbons (Fsp3) is 0.0909. The number of fused-ring (bicyclic) bond motifs is 4. The number of rotatable bonds is 0. The number of nitrogens with zero attached hydrogens (tertiary/aromatic N) is 2. The zero-order valence-corrected chi connectivity index (χ0v) is 27.2. The van der Waals surface area contributed by atoms with Crippen molar-refractivity contribution in [1.82, 2.24) is 9.97 Å². The Morgan fingerprint density at radius 1 is 0.429 bits per heavy atom. The number of pyridine rings is 2. The predicted molar refractivity (Wildman–Crippen MR) is 197 cm³/mol. The van der Waals surface area contributed by atoms with Crippen molar-refractivity contribution in [3.63, 3.8) is 0 Å². The molecule has 7 heterocycles. The van der Waals surface area contributed by atoms with Crippen LogP contribution in [0.4, 0.5) is 0 Å². The molecule has 232 valence electrons. The first-order valence-electron chi connectivity index (χ1n) is 16.8. The van der Waals surface area contributed by atoms with Gasteiger partial charge in [-0.15, -0.1) is 0 Å². The van der Waals surface area contributed by atoms with Crippen LogP contribution in [-0.4, -0.2) is 17.1 Å². The molecule has 1 saturated heterocycles. The molecule has 7 aromatic rings. The number of hydrogen-bond acceptors (Lipinski definition) is 4. The van der Waals surface area contributed by atoms with Gasteiger partial charge in [0.25, 0.3) is 0 Å². The topological polar surface area (TPSA) is 44.2 Å². The summed E-state index contributed by atoms with van der Waals surface area (Å²) >= 11 is 0. The summed E-state index contributed by atoms with van der Waals surface area (Å²) in [4.78, 5) is 10.2. The van der Waals surface area contributed by atoms with Crippen LogP contribution in [0.5, 0.6) is 0 Å². The van der Waals surface area contributed by atoms with Gasteiger partial charge in [-0.2, -0.15) is 0 Å². The first-order valence-corrected chi connectivity index (χ1v) is 16.8. The zero-order valence-electron chi connectivity index (χ0n) is 27.2. The SMILES string of the molecule is CC12OB3OC1(C)c1ccccc1-c1ccc(cn1)-c1ccccc1-c1cc3cc(c1)-c1ccccc1-c1ccc(nc1)-c1ccccc12. The second-order valence-corrected chi connectivity index (χ2v) is 13.5. The van der Waals surface area contributed by atoms with Gasteiger partial charge in [-0.05, 0) is 82.0 Å². The van der Waals surface area contributed by atoms with Crippen LogP contribution in [0.15, 0.2) is 152 Å². The average Bonchev–Trinajstić information content (AvgIpc) is 3.45. The molecule has 10 bridgehead atoms. The lowest BCUT2D eigenvalue weighted by Gasteiger charge is -2.42. The van der Waals surface area contributed by atoms with Crippen molar-refractivity contribution < 1.29 is 9.31 Å². The summed E-state index contributed by atoms with van der Waals surface area (Å²) in [5, 5.41) is 0. The minimum atomic E-state index is -0.930. The Balaban J connectivity index is 1.38. The van der Waals surface area contributed by atoms with Crippen LogP contribution in [-0.2, 0) is 20.5 Å². The summed E-state index contributed by atoms with van der Waals surface area (Å²) < 4.78 is 14.8. The van der Waals surface area contributed by atoms with Crippen LogP contribution in [0.1, 0.15) is 25.0 Å². The minimum Gasteiger partial charge on any atom is -0.394 e. The maximum Gasteiger partial charge on any atom is 0.495 e. The van der Waals surface area contributed by atoms with Gasteiger partial charge in [0.2, 0.25) is 0 Å². The molecule has 0 N–H and O–H groups in total. The molecule has 5 aromatic carbocycles. The number of aromatic nitrogens is 2. The Morgan fingerprint density at radius 3 is 1.22 bits per heavy atom. The van der Waals surface area contributed by atoms with E-state index in [0.29, 0.717) is 0 Å². The van der Waals surface area contributed by atoms with Gasteiger partial charge in [-0.3, -0.25) is 9.97 Å². The van der Waals surface area contributed by atoms with E-state index in [1.807, 2.05) is 12.4 Å². The van der Waals surface area contributed by atoms with Gasteiger partial charge in [0.1, 0.15) is 11.2 Å². The highest BCUT2D eigenvalue weighted by molar-refractivity contribution is 6.62. The molecule has 2 unspecified atom stereocenters. The average molecular weight is 631 g/mol. The Kier molecular flexibility index (Phi) is 6.05. The molecule has 5 aliphatic rings. The van der Waals surface area contributed by atoms with Crippen molar-refractivity contribution >= 4 is 12.6 Å². The molecule has 49 heavy (non-hydrogen) atoms. The van der Waals surface area contributed by atoms with Crippen LogP contribution < -0.4 is 5.46 Å². The lowest BCUT2D eigenvalue weighted by atomic mass is 9.72. The summed E-state index contributed by atoms with van der Waals surface area (Å²) in [5.41, 5.74) is 13.7. The summed E-state index contributed by atoms with van der Waals surface area (Å²) in [5.74, 6) is 0. The Labute approximate surface area is 286 Å². The van der Waals surface area contributed by atoms with Crippen LogP contribution >= 0.6 is 0 Å². The molecule has 0 saturated carbocycles. The van der Waals surface area contributed by atoms with E-state index in [-0.39, 0.29) is 0 Å². The van der Waals surface area contributed by atoms with E-state index < -0.39 is 18.3 Å². The first-order chi connectivity index (χ1) is 24.0. The standard InChI is InChI=1S/C44H31BN2O2/c1-43-39-17-9-7-15-37(39)41-21-19-28(26-46-41)33-11-3-5-13-35(33)30-23-31-25-32(24-30)45(48-43)49-44(43,2)40-18-10-8-16-38(40)42-22-20-29(27-47-42)34-12-4-6-14-36(31)34/h3-27H,1-2H3. The van der Waals surface area contributed by atoms with E-state index in [1.165, 1.54) is 0 Å². The maximum absolute atomic E-state index is 7.38. The predicted octanol–water partition coefficient (Wildman–Crippen LogP) is 9.68. The molecule has 5 heteroatoms. The number of hydrogen-bond donors (Lipinski definition) is 0. The third kappa shape index (κ3) is 4.13. The number of benzene rings is 5. The summed E-state index contributed by atoms with van der Waals surface area (Å²) in [6.45, 7) is 4.35. The van der Waals surface area contributed by atoms with Gasteiger partial charge >= 0.3 is 7.12 Å². The maximum atomic E-state index is 7.38. The monoisotopic (exact) mass is 630 g/mol. The van der Waals surface area contributed by atoms with Crippen LogP contribution in [0.3, 0.4) is 0 Å². The van der Waals surface area contributed by atoms with Gasteiger partial charge in [-0.1, -0.05) is 121 Å². The van der Waals surface area contributed by atoms with Gasteiger partial charge in [-0.25, -0.2) is 0 Å². The third-order valence-electron chi connectivity index (χ3n) is 10.9. The summed E-state index contributed by atoms with van der Waals surface area (Å²) in [6.07, 6.45) is 4.00. The molecule has 5 aliphatic heterocycles. The molecule has 2 aromatic heterocycles. The van der Waals surface area contributed by atoms with Gasteiger partial charge in [0.05, 0.1) is 11.4 Å². The van der Waals surface area contributed by atoms with Crippen LogP contribution in [0, 0.1) is 0 Å². The Bertz CT molecular complexity index is 2270. The quantitative estimate of drug-likeness (QED) is 0.157. The normalized spacial score (nSPS) is 19.6. The minimum absolute atomic E-state index is 0.664. The fourth-order valence-electron chi connectivity index (χ4n) is 8.20. The van der Waals surface area contributed by atoms with E-state index in [0.717, 1.165) is 83.6 Å². The zero-order chi connectivity index (χ0) is 32.7. The highest BCUT2D eigenvalue weighted by atomic mass is 16.7. The molecular formula is C44H31BN2O2. The smallest absolute Gasteiger partial charge is 0.394 e. The van der Waals surface area contributed by atoms with Gasteiger partial charge in [0, 0.05) is 34.6 Å². The molecule has 0 aliphatic carbocycles.